The summed E-state index contributed by atoms with van der Waals surface area (Å²) < 4.78 is 54.9. The fourth-order valence-electron chi connectivity index (χ4n) is 4.57. The van der Waals surface area contributed by atoms with E-state index in [1.54, 1.807) is 0 Å². The number of pyridine rings is 1. The smallest absolute Gasteiger partial charge is 0.383 e. The molecule has 2 saturated heterocycles. The minimum absolute atomic E-state index is 0.0291. The van der Waals surface area contributed by atoms with Gasteiger partial charge in [-0.15, -0.1) is 0 Å². The number of carbonyl (C=O) groups excluding carboxylic acids is 2. The summed E-state index contributed by atoms with van der Waals surface area (Å²) in [5.74, 6) is -2.63. The van der Waals surface area contributed by atoms with E-state index in [1.807, 2.05) is 0 Å². The molecule has 0 spiro atoms. The van der Waals surface area contributed by atoms with Gasteiger partial charge in [0.15, 0.2) is 11.5 Å². The van der Waals surface area contributed by atoms with Crippen LogP contribution >= 0.6 is 0 Å². The molecule has 3 aromatic rings. The van der Waals surface area contributed by atoms with Crippen LogP contribution in [0.3, 0.4) is 0 Å². The normalized spacial score (nSPS) is 18.7. The summed E-state index contributed by atoms with van der Waals surface area (Å²) >= 11 is 0. The van der Waals surface area contributed by atoms with E-state index in [9.17, 15) is 37.1 Å². The van der Waals surface area contributed by atoms with Gasteiger partial charge in [-0.3, -0.25) is 14.2 Å². The van der Waals surface area contributed by atoms with Gasteiger partial charge in [-0.2, -0.15) is 13.2 Å². The summed E-state index contributed by atoms with van der Waals surface area (Å²) in [6, 6.07) is 4.83. The second kappa shape index (κ2) is 8.29. The van der Waals surface area contributed by atoms with Crippen molar-refractivity contribution in [3.8, 4) is 5.69 Å². The lowest BCUT2D eigenvalue weighted by Crippen LogP contribution is -2.53. The Morgan fingerprint density at radius 1 is 1.11 bits per heavy atom. The van der Waals surface area contributed by atoms with Crippen LogP contribution in [0.25, 0.3) is 16.9 Å². The second-order valence-electron chi connectivity index (χ2n) is 8.60. The maximum atomic E-state index is 13.6. The standard InChI is InChI=1S/C23H19F4N5O4/c1-12(24)20(34)29-10-15(11-29)31-18-16(30-9-7-17(33)21(30)35)6-8-28-19(18)32(22(31)36)14-4-2-13(3-5-14)23(25,26)27/h2-6,8,15,17,33H,1,7,9-11H2/t17-/m1/s1. The molecule has 0 bridgehead atoms. The summed E-state index contributed by atoms with van der Waals surface area (Å²) in [7, 11) is 0. The largest absolute Gasteiger partial charge is 0.416 e. The third-order valence-corrected chi connectivity index (χ3v) is 6.40. The van der Waals surface area contributed by atoms with Gasteiger partial charge in [0.25, 0.3) is 11.8 Å². The molecule has 0 aliphatic carbocycles. The number of fused-ring (bicyclic) bond motifs is 1. The number of aromatic nitrogens is 3. The van der Waals surface area contributed by atoms with Crippen LogP contribution in [0.15, 0.2) is 53.7 Å². The Morgan fingerprint density at radius 3 is 2.33 bits per heavy atom. The molecule has 0 unspecified atom stereocenters. The Labute approximate surface area is 200 Å². The maximum absolute atomic E-state index is 13.6. The zero-order valence-corrected chi connectivity index (χ0v) is 18.6. The number of aliphatic hydroxyl groups is 1. The molecular weight excluding hydrogens is 486 g/mol. The monoisotopic (exact) mass is 505 g/mol. The molecular formula is C23H19F4N5O4. The molecule has 2 aromatic heterocycles. The number of aliphatic hydroxyl groups excluding tert-OH is 1. The van der Waals surface area contributed by atoms with Crippen LogP contribution in [0.1, 0.15) is 18.0 Å². The van der Waals surface area contributed by atoms with Crippen LogP contribution in [0, 0.1) is 0 Å². The Morgan fingerprint density at radius 2 is 1.78 bits per heavy atom. The predicted octanol–water partition coefficient (Wildman–Crippen LogP) is 2.17. The minimum atomic E-state index is -4.57. The van der Waals surface area contributed by atoms with E-state index in [-0.39, 0.29) is 48.6 Å². The number of anilines is 1. The van der Waals surface area contributed by atoms with E-state index in [0.29, 0.717) is 0 Å². The summed E-state index contributed by atoms with van der Waals surface area (Å²) in [4.78, 5) is 44.9. The molecule has 188 valence electrons. The highest BCUT2D eigenvalue weighted by atomic mass is 19.4. The lowest BCUT2D eigenvalue weighted by atomic mass is 10.1. The zero-order chi connectivity index (χ0) is 25.9. The van der Waals surface area contributed by atoms with Crippen molar-refractivity contribution >= 4 is 28.7 Å². The Bertz CT molecular complexity index is 1450. The molecule has 2 fully saturated rings. The molecule has 9 nitrogen and oxygen atoms in total. The fourth-order valence-corrected chi connectivity index (χ4v) is 4.57. The molecule has 1 atom stereocenters. The number of halogens is 4. The van der Waals surface area contributed by atoms with Crippen LogP contribution in [0.5, 0.6) is 0 Å². The van der Waals surface area contributed by atoms with Crippen molar-refractivity contribution in [2.45, 2.75) is 24.7 Å². The summed E-state index contributed by atoms with van der Waals surface area (Å²) in [6.07, 6.45) is -4.25. The number of alkyl halides is 3. The summed E-state index contributed by atoms with van der Waals surface area (Å²) in [6.45, 7) is 3.10. The molecule has 0 radical (unpaired) electrons. The van der Waals surface area contributed by atoms with Crippen molar-refractivity contribution in [1.82, 2.24) is 19.0 Å². The van der Waals surface area contributed by atoms with Crippen molar-refractivity contribution < 1.29 is 32.3 Å². The molecule has 36 heavy (non-hydrogen) atoms. The third-order valence-electron chi connectivity index (χ3n) is 6.40. The van der Waals surface area contributed by atoms with Gasteiger partial charge in [-0.25, -0.2) is 18.7 Å². The lowest BCUT2D eigenvalue weighted by Gasteiger charge is -2.39. The van der Waals surface area contributed by atoms with Crippen molar-refractivity contribution in [3.05, 3.63) is 65.0 Å². The van der Waals surface area contributed by atoms with Crippen LogP contribution < -0.4 is 10.6 Å². The van der Waals surface area contributed by atoms with Gasteiger partial charge < -0.3 is 14.9 Å². The molecule has 0 saturated carbocycles. The van der Waals surface area contributed by atoms with Crippen LogP contribution in [-0.2, 0) is 15.8 Å². The van der Waals surface area contributed by atoms with Gasteiger partial charge in [0.05, 0.1) is 23.0 Å². The average Bonchev–Trinajstić information content (AvgIpc) is 3.28. The minimum Gasteiger partial charge on any atom is -0.383 e. The molecule has 13 heteroatoms. The zero-order valence-electron chi connectivity index (χ0n) is 18.6. The van der Waals surface area contributed by atoms with E-state index in [2.05, 4.69) is 11.6 Å². The van der Waals surface area contributed by atoms with E-state index in [4.69, 9.17) is 0 Å². The van der Waals surface area contributed by atoms with E-state index < -0.39 is 47.2 Å². The number of likely N-dealkylation sites (tertiary alicyclic amines) is 1. The molecule has 1 N–H and O–H groups in total. The number of hydrogen-bond donors (Lipinski definition) is 1. The van der Waals surface area contributed by atoms with E-state index >= 15 is 0 Å². The van der Waals surface area contributed by atoms with Gasteiger partial charge in [0.1, 0.15) is 11.6 Å². The molecule has 4 heterocycles. The number of hydrogen-bond acceptors (Lipinski definition) is 5. The van der Waals surface area contributed by atoms with E-state index in [1.165, 1.54) is 21.7 Å². The number of nitrogens with zero attached hydrogens (tertiary/aromatic N) is 5. The number of amides is 2. The summed E-state index contributed by atoms with van der Waals surface area (Å²) in [5.41, 5.74) is -0.879. The first-order valence-corrected chi connectivity index (χ1v) is 10.9. The Hall–Kier alpha value is -4.00. The molecule has 2 aliphatic heterocycles. The topological polar surface area (TPSA) is 101 Å². The highest BCUT2D eigenvalue weighted by Gasteiger charge is 2.39. The Balaban J connectivity index is 1.68. The van der Waals surface area contributed by atoms with Gasteiger partial charge in [0.2, 0.25) is 0 Å². The van der Waals surface area contributed by atoms with Crippen molar-refractivity contribution in [1.29, 1.82) is 0 Å². The fraction of sp³-hybridized carbons (Fsp3) is 0.304. The van der Waals surface area contributed by atoms with E-state index in [0.717, 1.165) is 33.7 Å². The maximum Gasteiger partial charge on any atom is 0.416 e. The first-order chi connectivity index (χ1) is 17.0. The SMILES string of the molecule is C=C(F)C(=O)N1CC(n2c(=O)n(-c3ccc(C(F)(F)F)cc3)c3nccc(N4CC[C@@H](O)C4=O)c32)C1. The quantitative estimate of drug-likeness (QED) is 0.433. The molecule has 2 amide bonds. The number of benzene rings is 1. The second-order valence-corrected chi connectivity index (χ2v) is 8.60. The van der Waals surface area contributed by atoms with Gasteiger partial charge >= 0.3 is 11.9 Å². The molecule has 1 aromatic carbocycles. The Kier molecular flexibility index (Phi) is 5.47. The first-order valence-electron chi connectivity index (χ1n) is 10.9. The first kappa shape index (κ1) is 23.7. The van der Waals surface area contributed by atoms with Crippen molar-refractivity contribution in [2.75, 3.05) is 24.5 Å². The van der Waals surface area contributed by atoms with Crippen LogP contribution in [0.2, 0.25) is 0 Å². The third kappa shape index (κ3) is 3.66. The molecule has 5 rings (SSSR count). The number of carbonyl (C=O) groups is 2. The van der Waals surface area contributed by atoms with Crippen LogP contribution in [-0.4, -0.2) is 61.7 Å². The highest BCUT2D eigenvalue weighted by Crippen LogP contribution is 2.35. The molecule has 2 aliphatic rings. The lowest BCUT2D eigenvalue weighted by molar-refractivity contribution is -0.137. The van der Waals surface area contributed by atoms with Crippen molar-refractivity contribution in [2.24, 2.45) is 0 Å². The van der Waals surface area contributed by atoms with Crippen LogP contribution in [0.4, 0.5) is 23.2 Å². The predicted molar refractivity (Wildman–Crippen MR) is 119 cm³/mol. The summed E-state index contributed by atoms with van der Waals surface area (Å²) in [5, 5.41) is 9.95. The average molecular weight is 505 g/mol. The van der Waals surface area contributed by atoms with Gasteiger partial charge in [0, 0.05) is 32.3 Å². The number of rotatable bonds is 4. The van der Waals surface area contributed by atoms with Gasteiger partial charge in [-0.1, -0.05) is 6.58 Å². The number of imidazole rings is 1. The highest BCUT2D eigenvalue weighted by molar-refractivity contribution is 6.04. The van der Waals surface area contributed by atoms with Gasteiger partial charge in [-0.05, 0) is 30.3 Å². The van der Waals surface area contributed by atoms with Crippen molar-refractivity contribution in [3.63, 3.8) is 0 Å².